The molecular formula is C8H14AuO9. The van der Waals surface area contributed by atoms with Crippen LogP contribution in [0.2, 0.25) is 0 Å². The summed E-state index contributed by atoms with van der Waals surface area (Å²) in [7, 11) is 0. The van der Waals surface area contributed by atoms with Crippen LogP contribution in [-0.4, -0.2) is 66.5 Å². The number of aliphatic hydroxyl groups excluding tert-OH is 5. The van der Waals surface area contributed by atoms with Gasteiger partial charge < -0.3 is 0 Å². The van der Waals surface area contributed by atoms with E-state index in [1.165, 1.54) is 0 Å². The number of carbonyl (C=O) groups excluding carboxylic acids is 2. The average molecular weight is 451 g/mol. The molecule has 0 bridgehead atoms. The van der Waals surface area contributed by atoms with E-state index in [-0.39, 0.29) is 0 Å². The van der Waals surface area contributed by atoms with E-state index in [0.29, 0.717) is 0 Å². The Kier molecular flexibility index (Phi) is 8.52. The van der Waals surface area contributed by atoms with E-state index in [1.807, 2.05) is 0 Å². The zero-order valence-electron chi connectivity index (χ0n) is 9.19. The van der Waals surface area contributed by atoms with Gasteiger partial charge in [0.2, 0.25) is 0 Å². The summed E-state index contributed by atoms with van der Waals surface area (Å²) in [6.07, 6.45) is -7.60. The molecule has 9 nitrogen and oxygen atoms in total. The van der Waals surface area contributed by atoms with Crippen LogP contribution in [0, 0.1) is 0 Å². The number of hydrogen-bond donors (Lipinski definition) is 5. The van der Waals surface area contributed by atoms with E-state index in [2.05, 4.69) is 8.28 Å². The van der Waals surface area contributed by atoms with Crippen molar-refractivity contribution >= 4 is 9.97 Å². The topological polar surface area (TPSA) is 154 Å². The first-order valence-corrected chi connectivity index (χ1v) is 6.57. The van der Waals surface area contributed by atoms with Crippen molar-refractivity contribution in [3.05, 3.63) is 0 Å². The molecule has 0 aromatic rings. The van der Waals surface area contributed by atoms with Crippen LogP contribution in [-0.2, 0) is 38.0 Å². The third-order valence-corrected chi connectivity index (χ3v) is 3.13. The van der Waals surface area contributed by atoms with Gasteiger partial charge in [0.15, 0.2) is 0 Å². The van der Waals surface area contributed by atoms with Gasteiger partial charge in [0.25, 0.3) is 0 Å². The molecule has 0 aliphatic heterocycles. The zero-order valence-corrected chi connectivity index (χ0v) is 11.4. The van der Waals surface area contributed by atoms with Crippen molar-refractivity contribution in [2.24, 2.45) is 0 Å². The standard InChI is InChI=1S/C6H11O6.C2H4O3.Au/c7-1-3(9)5(11)6(12)4(10)2-8;1-2(3)5-4;/h3-7,9-12H,1H2;4H,1H3;/q;;+1/p-1/t3-,4-,5-,6-;;/m1../s1. The normalized spacial score (nSPS) is 17.9. The SMILES string of the molecule is CC(=O)O[O][Au][C](=O)[C@@H](O)[C@@H](O)[C@H](O)[C@H](O)CO. The van der Waals surface area contributed by atoms with E-state index < -0.39 is 61.1 Å². The van der Waals surface area contributed by atoms with Crippen molar-refractivity contribution in [1.29, 1.82) is 0 Å². The summed E-state index contributed by atoms with van der Waals surface area (Å²) >= 11 is -1.73. The van der Waals surface area contributed by atoms with Gasteiger partial charge in [-0.3, -0.25) is 0 Å². The van der Waals surface area contributed by atoms with Crippen LogP contribution < -0.4 is 0 Å². The van der Waals surface area contributed by atoms with Gasteiger partial charge in [0, 0.05) is 0 Å². The second-order valence-corrected chi connectivity index (χ2v) is 5.00. The summed E-state index contributed by atoms with van der Waals surface area (Å²) < 4.78 is 3.25. The molecule has 10 heteroatoms. The number of rotatable bonds is 8. The minimum atomic E-state index is -2.02. The van der Waals surface area contributed by atoms with Gasteiger partial charge in [-0.15, -0.1) is 0 Å². The quantitative estimate of drug-likeness (QED) is 0.143. The van der Waals surface area contributed by atoms with E-state index >= 15 is 0 Å². The van der Waals surface area contributed by atoms with E-state index in [1.54, 1.807) is 0 Å². The van der Waals surface area contributed by atoms with E-state index in [0.717, 1.165) is 6.92 Å². The van der Waals surface area contributed by atoms with Crippen LogP contribution in [0.5, 0.6) is 0 Å². The summed E-state index contributed by atoms with van der Waals surface area (Å²) in [5.41, 5.74) is 0. The monoisotopic (exact) mass is 451 g/mol. The first-order chi connectivity index (χ1) is 8.31. The minimum absolute atomic E-state index is 0.787. The molecule has 0 spiro atoms. The van der Waals surface area contributed by atoms with Crippen molar-refractivity contribution in [3.8, 4) is 0 Å². The predicted octanol–water partition coefficient (Wildman–Crippen LogP) is -3.56. The van der Waals surface area contributed by atoms with Crippen LogP contribution >= 0.6 is 0 Å². The molecule has 0 aliphatic rings. The predicted molar refractivity (Wildman–Crippen MR) is 49.0 cm³/mol. The summed E-state index contributed by atoms with van der Waals surface area (Å²) in [5.74, 6) is -0.787. The third-order valence-electron chi connectivity index (χ3n) is 1.69. The van der Waals surface area contributed by atoms with Gasteiger partial charge >= 0.3 is 111 Å². The van der Waals surface area contributed by atoms with Crippen molar-refractivity contribution in [3.63, 3.8) is 0 Å². The molecule has 0 fully saturated rings. The van der Waals surface area contributed by atoms with Crippen molar-refractivity contribution in [1.82, 2.24) is 0 Å². The molecule has 0 aliphatic carbocycles. The Balaban J connectivity index is 4.23. The van der Waals surface area contributed by atoms with Crippen LogP contribution in [0.25, 0.3) is 0 Å². The van der Waals surface area contributed by atoms with Crippen LogP contribution in [0.15, 0.2) is 0 Å². The Hall–Kier alpha value is -0.360. The van der Waals surface area contributed by atoms with E-state index in [9.17, 15) is 24.9 Å². The fourth-order valence-corrected chi connectivity index (χ4v) is 1.91. The fraction of sp³-hybridized carbons (Fsp3) is 0.750. The molecule has 0 saturated heterocycles. The molecule has 0 rings (SSSR count). The summed E-state index contributed by atoms with van der Waals surface area (Å²) in [4.78, 5) is 25.6. The maximum absolute atomic E-state index is 11.2. The second-order valence-electron chi connectivity index (χ2n) is 3.13. The van der Waals surface area contributed by atoms with Gasteiger partial charge in [-0.25, -0.2) is 0 Å². The van der Waals surface area contributed by atoms with Gasteiger partial charge in [0.1, 0.15) is 0 Å². The molecular weight excluding hydrogens is 437 g/mol. The van der Waals surface area contributed by atoms with Crippen LogP contribution in [0.4, 0.5) is 0 Å². The van der Waals surface area contributed by atoms with E-state index in [4.69, 9.17) is 10.2 Å². The van der Waals surface area contributed by atoms with Crippen molar-refractivity contribution in [2.75, 3.05) is 6.61 Å². The number of carbonyl (C=O) groups is 2. The molecule has 0 heterocycles. The van der Waals surface area contributed by atoms with Gasteiger partial charge in [-0.1, -0.05) is 0 Å². The second kappa shape index (κ2) is 8.69. The van der Waals surface area contributed by atoms with Crippen LogP contribution in [0.1, 0.15) is 6.92 Å². The van der Waals surface area contributed by atoms with Crippen molar-refractivity contribution in [2.45, 2.75) is 31.3 Å². The molecule has 0 aromatic heterocycles. The maximum atomic E-state index is 11.2. The average Bonchev–Trinajstić information content (AvgIpc) is 2.34. The molecule has 4 atom stereocenters. The van der Waals surface area contributed by atoms with Crippen molar-refractivity contribution < 1.29 is 63.6 Å². The van der Waals surface area contributed by atoms with Gasteiger partial charge in [-0.05, 0) is 0 Å². The fourth-order valence-electron chi connectivity index (χ4n) is 0.753. The molecule has 0 radical (unpaired) electrons. The first kappa shape index (κ1) is 17.6. The summed E-state index contributed by atoms with van der Waals surface area (Å²) in [5, 5.41) is 45.4. The summed E-state index contributed by atoms with van der Waals surface area (Å²) in [6, 6.07) is 0. The molecule has 5 N–H and O–H groups in total. The molecule has 0 aromatic carbocycles. The Morgan fingerprint density at radius 2 is 1.72 bits per heavy atom. The molecule has 0 amide bonds. The number of aliphatic hydroxyl groups is 5. The Morgan fingerprint density at radius 3 is 2.17 bits per heavy atom. The Bertz CT molecular complexity index is 284. The molecule has 111 valence electrons. The Labute approximate surface area is 112 Å². The van der Waals surface area contributed by atoms with Gasteiger partial charge in [-0.2, -0.15) is 0 Å². The Morgan fingerprint density at radius 1 is 1.17 bits per heavy atom. The molecule has 0 unspecified atom stereocenters. The molecule has 18 heavy (non-hydrogen) atoms. The summed E-state index contributed by atoms with van der Waals surface area (Å²) in [6.45, 7) is 0.190. The third kappa shape index (κ3) is 6.00. The zero-order chi connectivity index (χ0) is 14.3. The molecule has 0 saturated carbocycles. The van der Waals surface area contributed by atoms with Crippen LogP contribution in [0.3, 0.4) is 0 Å². The number of hydrogen-bond acceptors (Lipinski definition) is 9. The van der Waals surface area contributed by atoms with Gasteiger partial charge in [0.05, 0.1) is 0 Å². The first-order valence-electron chi connectivity index (χ1n) is 4.60.